The van der Waals surface area contributed by atoms with E-state index >= 15 is 0 Å². The van der Waals surface area contributed by atoms with Gasteiger partial charge in [-0.25, -0.2) is 0 Å². The first-order valence-electron chi connectivity index (χ1n) is 9.37. The van der Waals surface area contributed by atoms with Crippen LogP contribution in [0.1, 0.15) is 38.5 Å². The molecular weight excluding hydrogens is 352 g/mol. The van der Waals surface area contributed by atoms with Crippen molar-refractivity contribution in [3.63, 3.8) is 0 Å². The number of rotatable bonds is 11. The molecule has 0 amide bonds. The Labute approximate surface area is 159 Å². The van der Waals surface area contributed by atoms with Crippen LogP contribution in [0.5, 0.6) is 0 Å². The van der Waals surface area contributed by atoms with Crippen molar-refractivity contribution >= 4 is 29.5 Å². The van der Waals surface area contributed by atoms with Gasteiger partial charge < -0.3 is 9.84 Å². The SMILES string of the molecule is O=C(O)CCCCSCC1C2CCC(O2)C1CCSc1ccccc1. The largest absolute Gasteiger partial charge is 0.481 e. The lowest BCUT2D eigenvalue weighted by Gasteiger charge is -2.27. The van der Waals surface area contributed by atoms with E-state index in [1.165, 1.54) is 35.7 Å². The molecule has 25 heavy (non-hydrogen) atoms. The smallest absolute Gasteiger partial charge is 0.303 e. The normalized spacial score (nSPS) is 27.7. The zero-order valence-corrected chi connectivity index (χ0v) is 16.3. The minimum atomic E-state index is -0.678. The van der Waals surface area contributed by atoms with Crippen LogP contribution in [0.15, 0.2) is 35.2 Å². The third-order valence-electron chi connectivity index (χ3n) is 5.29. The van der Waals surface area contributed by atoms with Gasteiger partial charge in [0.15, 0.2) is 0 Å². The van der Waals surface area contributed by atoms with Crippen LogP contribution >= 0.6 is 23.5 Å². The standard InChI is InChI=1S/C20H28O3S2/c21-20(22)8-4-5-12-24-14-17-16(18-9-10-19(17)23-18)11-13-25-15-6-2-1-3-7-15/h1-3,6-7,16-19H,4-5,8-14H2,(H,21,22). The lowest BCUT2D eigenvalue weighted by atomic mass is 9.79. The molecule has 0 aromatic heterocycles. The molecule has 1 aromatic rings. The predicted octanol–water partition coefficient (Wildman–Crippen LogP) is 4.95. The average molecular weight is 381 g/mol. The fourth-order valence-electron chi connectivity index (χ4n) is 4.03. The van der Waals surface area contributed by atoms with E-state index in [-0.39, 0.29) is 0 Å². The summed E-state index contributed by atoms with van der Waals surface area (Å²) in [5, 5.41) is 8.69. The fraction of sp³-hybridized carbons (Fsp3) is 0.650. The molecule has 3 nitrogen and oxygen atoms in total. The zero-order valence-electron chi connectivity index (χ0n) is 14.6. The van der Waals surface area contributed by atoms with Crippen LogP contribution in [0.4, 0.5) is 0 Å². The first kappa shape index (κ1) is 19.1. The number of hydrogen-bond acceptors (Lipinski definition) is 4. The minimum absolute atomic E-state index is 0.303. The number of carboxylic acid groups (broad SMARTS) is 1. The van der Waals surface area contributed by atoms with Gasteiger partial charge in [-0.1, -0.05) is 18.2 Å². The maximum Gasteiger partial charge on any atom is 0.303 e. The first-order valence-corrected chi connectivity index (χ1v) is 11.5. The highest BCUT2D eigenvalue weighted by Crippen LogP contribution is 2.46. The highest BCUT2D eigenvalue weighted by Gasteiger charge is 2.47. The van der Waals surface area contributed by atoms with Crippen LogP contribution in [0.3, 0.4) is 0 Å². The highest BCUT2D eigenvalue weighted by atomic mass is 32.2. The van der Waals surface area contributed by atoms with Crippen LogP contribution in [0, 0.1) is 11.8 Å². The van der Waals surface area contributed by atoms with Crippen molar-refractivity contribution in [3.8, 4) is 0 Å². The summed E-state index contributed by atoms with van der Waals surface area (Å²) >= 11 is 3.95. The van der Waals surface area contributed by atoms with E-state index in [1.54, 1.807) is 0 Å². The van der Waals surface area contributed by atoms with E-state index < -0.39 is 5.97 Å². The van der Waals surface area contributed by atoms with Crippen molar-refractivity contribution in [1.82, 2.24) is 0 Å². The van der Waals surface area contributed by atoms with Crippen molar-refractivity contribution in [2.45, 2.75) is 55.6 Å². The average Bonchev–Trinajstić information content (AvgIpc) is 3.21. The first-order chi connectivity index (χ1) is 12.2. The molecule has 4 atom stereocenters. The van der Waals surface area contributed by atoms with Gasteiger partial charge in [0.1, 0.15) is 0 Å². The summed E-state index contributed by atoms with van der Waals surface area (Å²) in [6.45, 7) is 0. The molecule has 1 aromatic carbocycles. The third-order valence-corrected chi connectivity index (χ3v) is 7.54. The number of aliphatic carboxylic acids is 1. The molecule has 5 heteroatoms. The number of carbonyl (C=O) groups is 1. The Morgan fingerprint density at radius 2 is 1.84 bits per heavy atom. The second kappa shape index (κ2) is 9.89. The Hall–Kier alpha value is -0.650. The van der Waals surface area contributed by atoms with Gasteiger partial charge in [0, 0.05) is 11.3 Å². The Morgan fingerprint density at radius 1 is 1.08 bits per heavy atom. The molecule has 3 rings (SSSR count). The van der Waals surface area contributed by atoms with Crippen molar-refractivity contribution in [2.24, 2.45) is 11.8 Å². The molecule has 2 aliphatic rings. The van der Waals surface area contributed by atoms with Crippen molar-refractivity contribution in [1.29, 1.82) is 0 Å². The molecule has 2 aliphatic heterocycles. The highest BCUT2D eigenvalue weighted by molar-refractivity contribution is 7.99. The molecule has 0 saturated carbocycles. The molecule has 2 heterocycles. The van der Waals surface area contributed by atoms with E-state index in [0.717, 1.165) is 18.6 Å². The van der Waals surface area contributed by atoms with E-state index in [4.69, 9.17) is 9.84 Å². The second-order valence-corrected chi connectivity index (χ2v) is 9.31. The van der Waals surface area contributed by atoms with Gasteiger partial charge in [-0.3, -0.25) is 4.79 Å². The number of fused-ring (bicyclic) bond motifs is 2. The minimum Gasteiger partial charge on any atom is -0.481 e. The van der Waals surface area contributed by atoms with E-state index in [9.17, 15) is 4.79 Å². The van der Waals surface area contributed by atoms with Gasteiger partial charge in [0.2, 0.25) is 0 Å². The Kier molecular flexibility index (Phi) is 7.56. The quantitative estimate of drug-likeness (QED) is 0.435. The van der Waals surface area contributed by atoms with Crippen molar-refractivity contribution in [3.05, 3.63) is 30.3 Å². The maximum absolute atomic E-state index is 10.5. The number of unbranched alkanes of at least 4 members (excludes halogenated alkanes) is 1. The summed E-state index contributed by atoms with van der Waals surface area (Å²) in [7, 11) is 0. The summed E-state index contributed by atoms with van der Waals surface area (Å²) in [6.07, 6.45) is 6.78. The van der Waals surface area contributed by atoms with Crippen LogP contribution in [-0.2, 0) is 9.53 Å². The summed E-state index contributed by atoms with van der Waals surface area (Å²) in [6, 6.07) is 10.6. The molecule has 0 spiro atoms. The molecule has 2 saturated heterocycles. The van der Waals surface area contributed by atoms with E-state index in [0.29, 0.717) is 30.5 Å². The van der Waals surface area contributed by atoms with Gasteiger partial charge in [0.05, 0.1) is 12.2 Å². The van der Waals surface area contributed by atoms with Crippen LogP contribution in [-0.4, -0.2) is 40.5 Å². The van der Waals surface area contributed by atoms with Crippen molar-refractivity contribution in [2.75, 3.05) is 17.3 Å². The lowest BCUT2D eigenvalue weighted by Crippen LogP contribution is -2.29. The van der Waals surface area contributed by atoms with Gasteiger partial charge in [-0.05, 0) is 73.3 Å². The topological polar surface area (TPSA) is 46.5 Å². The summed E-state index contributed by atoms with van der Waals surface area (Å²) < 4.78 is 6.21. The fourth-order valence-corrected chi connectivity index (χ4v) is 6.31. The molecular formula is C20H28O3S2. The summed E-state index contributed by atoms with van der Waals surface area (Å²) in [5.41, 5.74) is 0. The Bertz CT molecular complexity index is 537. The zero-order chi connectivity index (χ0) is 17.5. The van der Waals surface area contributed by atoms with E-state index in [2.05, 4.69) is 30.3 Å². The van der Waals surface area contributed by atoms with Crippen LogP contribution in [0.25, 0.3) is 0 Å². The molecule has 0 aliphatic carbocycles. The Balaban J connectivity index is 1.38. The van der Waals surface area contributed by atoms with Crippen LogP contribution < -0.4 is 0 Å². The molecule has 2 bridgehead atoms. The number of benzene rings is 1. The number of ether oxygens (including phenoxy) is 1. The van der Waals surface area contributed by atoms with E-state index in [1.807, 2.05) is 23.5 Å². The Morgan fingerprint density at radius 3 is 2.60 bits per heavy atom. The van der Waals surface area contributed by atoms with Crippen LogP contribution in [0.2, 0.25) is 0 Å². The monoisotopic (exact) mass is 380 g/mol. The molecule has 4 unspecified atom stereocenters. The number of carboxylic acids is 1. The summed E-state index contributed by atoms with van der Waals surface area (Å²) in [5.74, 6) is 4.14. The van der Waals surface area contributed by atoms with Gasteiger partial charge in [-0.15, -0.1) is 11.8 Å². The van der Waals surface area contributed by atoms with Gasteiger partial charge in [-0.2, -0.15) is 11.8 Å². The number of thioether (sulfide) groups is 2. The second-order valence-electron chi connectivity index (χ2n) is 6.99. The maximum atomic E-state index is 10.5. The number of hydrogen-bond donors (Lipinski definition) is 1. The van der Waals surface area contributed by atoms with Gasteiger partial charge in [0.25, 0.3) is 0 Å². The van der Waals surface area contributed by atoms with Gasteiger partial charge >= 0.3 is 5.97 Å². The lowest BCUT2D eigenvalue weighted by molar-refractivity contribution is -0.137. The molecule has 0 radical (unpaired) electrons. The molecule has 1 N–H and O–H groups in total. The molecule has 2 fully saturated rings. The summed E-state index contributed by atoms with van der Waals surface area (Å²) in [4.78, 5) is 11.9. The predicted molar refractivity (Wildman–Crippen MR) is 105 cm³/mol. The third kappa shape index (κ3) is 5.66. The molecule has 138 valence electrons. The van der Waals surface area contributed by atoms with Crippen molar-refractivity contribution < 1.29 is 14.6 Å².